The lowest BCUT2D eigenvalue weighted by molar-refractivity contribution is -0.140. The minimum absolute atomic E-state index is 0.311. The molecular weight excluding hydrogens is 316 g/mol. The second-order valence-corrected chi connectivity index (χ2v) is 7.88. The van der Waals surface area contributed by atoms with Crippen LogP contribution in [0.3, 0.4) is 0 Å². The third kappa shape index (κ3) is 3.31. The summed E-state index contributed by atoms with van der Waals surface area (Å²) in [6.07, 6.45) is 5.45. The van der Waals surface area contributed by atoms with E-state index in [4.69, 9.17) is 5.73 Å². The van der Waals surface area contributed by atoms with Crippen LogP contribution in [0.1, 0.15) is 56.6 Å². The van der Waals surface area contributed by atoms with Crippen molar-refractivity contribution in [2.24, 2.45) is 11.7 Å². The third-order valence-corrected chi connectivity index (χ3v) is 6.22. The Kier molecular flexibility index (Phi) is 4.78. The number of hydrogen-bond acceptors (Lipinski definition) is 5. The molecule has 1 aromatic rings. The smallest absolute Gasteiger partial charge is 0.225 e. The first-order valence-electron chi connectivity index (χ1n) is 9.84. The standard InChI is InChI=1S/C18H30N6O/c1-2-24-16(20-21-17(24)14-10-15(19)11-14)12-22-6-8-23(9-7-22)18(25)13-4-3-5-13/h13-15H,2-12,19H2,1H3. The summed E-state index contributed by atoms with van der Waals surface area (Å²) in [5.41, 5.74) is 5.93. The van der Waals surface area contributed by atoms with Crippen LogP contribution in [0.2, 0.25) is 0 Å². The normalized spacial score (nSPS) is 27.8. The van der Waals surface area contributed by atoms with E-state index in [1.165, 1.54) is 6.42 Å². The summed E-state index contributed by atoms with van der Waals surface area (Å²) >= 11 is 0. The van der Waals surface area contributed by atoms with Gasteiger partial charge in [0.05, 0.1) is 6.54 Å². The van der Waals surface area contributed by atoms with E-state index in [1.54, 1.807) is 0 Å². The minimum atomic E-state index is 0.311. The molecule has 2 aliphatic carbocycles. The maximum atomic E-state index is 12.4. The van der Waals surface area contributed by atoms with Gasteiger partial charge in [0.15, 0.2) is 0 Å². The molecule has 1 saturated heterocycles. The fraction of sp³-hybridized carbons (Fsp3) is 0.833. The van der Waals surface area contributed by atoms with Gasteiger partial charge in [-0.1, -0.05) is 6.42 Å². The highest BCUT2D eigenvalue weighted by Crippen LogP contribution is 2.35. The molecule has 138 valence electrons. The summed E-state index contributed by atoms with van der Waals surface area (Å²) < 4.78 is 2.27. The summed E-state index contributed by atoms with van der Waals surface area (Å²) in [7, 11) is 0. The van der Waals surface area contributed by atoms with Crippen LogP contribution in [0.25, 0.3) is 0 Å². The van der Waals surface area contributed by atoms with Crippen LogP contribution in [0.15, 0.2) is 0 Å². The maximum Gasteiger partial charge on any atom is 0.225 e. The summed E-state index contributed by atoms with van der Waals surface area (Å²) in [5.74, 6) is 3.33. The third-order valence-electron chi connectivity index (χ3n) is 6.22. The van der Waals surface area contributed by atoms with Crippen LogP contribution >= 0.6 is 0 Å². The molecular formula is C18H30N6O. The van der Waals surface area contributed by atoms with Crippen LogP contribution in [0.5, 0.6) is 0 Å². The molecule has 0 spiro atoms. The van der Waals surface area contributed by atoms with Gasteiger partial charge < -0.3 is 15.2 Å². The second kappa shape index (κ2) is 7.03. The first-order chi connectivity index (χ1) is 12.2. The van der Waals surface area contributed by atoms with Crippen molar-refractivity contribution in [3.8, 4) is 0 Å². The number of rotatable bonds is 5. The van der Waals surface area contributed by atoms with Crippen molar-refractivity contribution in [2.45, 2.75) is 64.1 Å². The lowest BCUT2D eigenvalue weighted by Gasteiger charge is -2.38. The van der Waals surface area contributed by atoms with Crippen molar-refractivity contribution in [1.82, 2.24) is 24.6 Å². The summed E-state index contributed by atoms with van der Waals surface area (Å²) in [6, 6.07) is 0.330. The van der Waals surface area contributed by atoms with E-state index < -0.39 is 0 Å². The van der Waals surface area contributed by atoms with Gasteiger partial charge in [0, 0.05) is 50.6 Å². The van der Waals surface area contributed by atoms with Gasteiger partial charge in [0.2, 0.25) is 5.91 Å². The molecule has 4 rings (SSSR count). The number of aromatic nitrogens is 3. The molecule has 7 heteroatoms. The summed E-state index contributed by atoms with van der Waals surface area (Å²) in [4.78, 5) is 16.8. The molecule has 0 radical (unpaired) electrons. The van der Waals surface area contributed by atoms with Crippen LogP contribution < -0.4 is 5.73 Å². The Balaban J connectivity index is 1.33. The zero-order valence-electron chi connectivity index (χ0n) is 15.2. The molecule has 3 aliphatic rings. The van der Waals surface area contributed by atoms with E-state index in [0.29, 0.717) is 23.8 Å². The van der Waals surface area contributed by atoms with E-state index in [2.05, 4.69) is 31.5 Å². The van der Waals surface area contributed by atoms with Crippen molar-refractivity contribution in [2.75, 3.05) is 26.2 Å². The predicted molar refractivity (Wildman–Crippen MR) is 94.8 cm³/mol. The van der Waals surface area contributed by atoms with E-state index in [9.17, 15) is 4.79 Å². The van der Waals surface area contributed by atoms with Crippen molar-refractivity contribution in [1.29, 1.82) is 0 Å². The molecule has 1 aliphatic heterocycles. The number of carbonyl (C=O) groups excluding carboxylic acids is 1. The van der Waals surface area contributed by atoms with Crippen LogP contribution in [-0.2, 0) is 17.9 Å². The predicted octanol–water partition coefficient (Wildman–Crippen LogP) is 0.947. The Morgan fingerprint density at radius 1 is 1.16 bits per heavy atom. The molecule has 1 amide bonds. The fourth-order valence-corrected chi connectivity index (χ4v) is 4.23. The van der Waals surface area contributed by atoms with E-state index in [1.807, 2.05) is 0 Å². The molecule has 25 heavy (non-hydrogen) atoms. The Bertz CT molecular complexity index is 611. The number of nitrogens with two attached hydrogens (primary N) is 1. The van der Waals surface area contributed by atoms with Gasteiger partial charge in [-0.25, -0.2) is 0 Å². The molecule has 0 bridgehead atoms. The summed E-state index contributed by atoms with van der Waals surface area (Å²) in [6.45, 7) is 7.44. The van der Waals surface area contributed by atoms with Crippen LogP contribution in [0.4, 0.5) is 0 Å². The average molecular weight is 346 g/mol. The molecule has 2 saturated carbocycles. The molecule has 1 aromatic heterocycles. The van der Waals surface area contributed by atoms with Gasteiger partial charge in [0.25, 0.3) is 0 Å². The van der Waals surface area contributed by atoms with Crippen LogP contribution in [-0.4, -0.2) is 62.7 Å². The molecule has 2 N–H and O–H groups in total. The van der Waals surface area contributed by atoms with Crippen molar-refractivity contribution in [3.05, 3.63) is 11.6 Å². The van der Waals surface area contributed by atoms with Gasteiger partial charge >= 0.3 is 0 Å². The largest absolute Gasteiger partial charge is 0.340 e. The van der Waals surface area contributed by atoms with Gasteiger partial charge in [-0.15, -0.1) is 10.2 Å². The fourth-order valence-electron chi connectivity index (χ4n) is 4.23. The van der Waals surface area contributed by atoms with Gasteiger partial charge in [0.1, 0.15) is 11.6 Å². The first-order valence-corrected chi connectivity index (χ1v) is 9.84. The molecule has 3 fully saturated rings. The molecule has 0 unspecified atom stereocenters. The first kappa shape index (κ1) is 17.0. The average Bonchev–Trinajstić information content (AvgIpc) is 2.93. The number of hydrogen-bond donors (Lipinski definition) is 1. The molecule has 2 heterocycles. The highest BCUT2D eigenvalue weighted by atomic mass is 16.2. The lowest BCUT2D eigenvalue weighted by Crippen LogP contribution is -2.51. The zero-order chi connectivity index (χ0) is 17.4. The topological polar surface area (TPSA) is 80.3 Å². The van der Waals surface area contributed by atoms with E-state index in [-0.39, 0.29) is 0 Å². The molecule has 0 aromatic carbocycles. The van der Waals surface area contributed by atoms with Gasteiger partial charge in [-0.2, -0.15) is 0 Å². The van der Waals surface area contributed by atoms with Crippen molar-refractivity contribution in [3.63, 3.8) is 0 Å². The number of piperazine rings is 1. The number of nitrogens with zero attached hydrogens (tertiary/aromatic N) is 5. The quantitative estimate of drug-likeness (QED) is 0.858. The lowest BCUT2D eigenvalue weighted by atomic mass is 9.80. The molecule has 7 nitrogen and oxygen atoms in total. The van der Waals surface area contributed by atoms with Crippen LogP contribution in [0, 0.1) is 5.92 Å². The van der Waals surface area contributed by atoms with E-state index in [0.717, 1.165) is 76.6 Å². The Morgan fingerprint density at radius 3 is 2.44 bits per heavy atom. The van der Waals surface area contributed by atoms with Crippen molar-refractivity contribution >= 4 is 5.91 Å². The zero-order valence-corrected chi connectivity index (χ0v) is 15.2. The number of amides is 1. The summed E-state index contributed by atoms with van der Waals surface area (Å²) in [5, 5.41) is 8.92. The Labute approximate surface area is 149 Å². The van der Waals surface area contributed by atoms with Gasteiger partial charge in [-0.3, -0.25) is 9.69 Å². The monoisotopic (exact) mass is 346 g/mol. The van der Waals surface area contributed by atoms with E-state index >= 15 is 0 Å². The number of carbonyl (C=O) groups is 1. The Hall–Kier alpha value is -1.47. The highest BCUT2D eigenvalue weighted by Gasteiger charge is 2.33. The van der Waals surface area contributed by atoms with Crippen molar-refractivity contribution < 1.29 is 4.79 Å². The minimum Gasteiger partial charge on any atom is -0.340 e. The highest BCUT2D eigenvalue weighted by molar-refractivity contribution is 5.79. The second-order valence-electron chi connectivity index (χ2n) is 7.88. The maximum absolute atomic E-state index is 12.4. The Morgan fingerprint density at radius 2 is 1.88 bits per heavy atom. The SMILES string of the molecule is CCn1c(CN2CCN(C(=O)C3CCC3)CC2)nnc1C1CC(N)C1. The van der Waals surface area contributed by atoms with Gasteiger partial charge in [-0.05, 0) is 32.6 Å². The molecule has 0 atom stereocenters.